The van der Waals surface area contributed by atoms with Crippen LogP contribution in [0.4, 0.5) is 0 Å². The summed E-state index contributed by atoms with van der Waals surface area (Å²) in [6.07, 6.45) is 5.09. The van der Waals surface area contributed by atoms with Gasteiger partial charge >= 0.3 is 0 Å². The Morgan fingerprint density at radius 2 is 2.28 bits per heavy atom. The maximum absolute atomic E-state index is 3.76. The average molecular weight is 263 g/mol. The highest BCUT2D eigenvalue weighted by Crippen LogP contribution is 2.36. The van der Waals surface area contributed by atoms with Crippen molar-refractivity contribution in [2.45, 2.75) is 50.8 Å². The smallest absolute Gasteiger partial charge is 0.0440 e. The fourth-order valence-corrected chi connectivity index (χ4v) is 4.05. The second-order valence-electron chi connectivity index (χ2n) is 5.08. The van der Waals surface area contributed by atoms with E-state index in [1.165, 1.54) is 36.1 Å². The molecule has 1 heterocycles. The topological polar surface area (TPSA) is 12.0 Å². The highest BCUT2D eigenvalue weighted by Gasteiger charge is 2.26. The summed E-state index contributed by atoms with van der Waals surface area (Å²) in [7, 11) is 0. The molecule has 0 amide bonds. The summed E-state index contributed by atoms with van der Waals surface area (Å²) in [6.45, 7) is 5.60. The predicted octanol–water partition coefficient (Wildman–Crippen LogP) is 4.19. The lowest BCUT2D eigenvalue weighted by Gasteiger charge is -2.25. The summed E-state index contributed by atoms with van der Waals surface area (Å²) in [5.74, 6) is 1.34. The van der Waals surface area contributed by atoms with E-state index >= 15 is 0 Å². The Morgan fingerprint density at radius 3 is 2.94 bits per heavy atom. The summed E-state index contributed by atoms with van der Waals surface area (Å²) in [4.78, 5) is 0. The Hall–Kier alpha value is -0.470. The van der Waals surface area contributed by atoms with E-state index in [9.17, 15) is 0 Å². The van der Waals surface area contributed by atoms with Gasteiger partial charge in [0.15, 0.2) is 0 Å². The van der Waals surface area contributed by atoms with Gasteiger partial charge in [-0.05, 0) is 49.1 Å². The van der Waals surface area contributed by atoms with Crippen molar-refractivity contribution in [2.75, 3.05) is 12.3 Å². The molecule has 1 aromatic rings. The maximum Gasteiger partial charge on any atom is 0.0440 e. The minimum absolute atomic E-state index is 0.545. The number of aryl methyl sites for hydroxylation is 1. The second kappa shape index (κ2) is 7.20. The molecule has 0 spiro atoms. The first-order chi connectivity index (χ1) is 8.85. The van der Waals surface area contributed by atoms with Crippen molar-refractivity contribution < 1.29 is 0 Å². The molecule has 2 unspecified atom stereocenters. The van der Waals surface area contributed by atoms with Crippen LogP contribution in [0, 0.1) is 0 Å². The average Bonchev–Trinajstić information content (AvgIpc) is 2.93. The van der Waals surface area contributed by atoms with E-state index < -0.39 is 0 Å². The molecule has 1 aromatic carbocycles. The van der Waals surface area contributed by atoms with E-state index in [0.717, 1.165) is 18.2 Å². The molecule has 18 heavy (non-hydrogen) atoms. The molecule has 0 aliphatic carbocycles. The van der Waals surface area contributed by atoms with Crippen LogP contribution >= 0.6 is 11.8 Å². The maximum atomic E-state index is 3.76. The fourth-order valence-electron chi connectivity index (χ4n) is 2.64. The lowest BCUT2D eigenvalue weighted by atomic mass is 9.98. The number of hydrogen-bond acceptors (Lipinski definition) is 2. The van der Waals surface area contributed by atoms with Gasteiger partial charge in [0, 0.05) is 11.3 Å². The van der Waals surface area contributed by atoms with Crippen molar-refractivity contribution >= 4 is 11.8 Å². The van der Waals surface area contributed by atoms with Gasteiger partial charge in [0.2, 0.25) is 0 Å². The van der Waals surface area contributed by atoms with E-state index in [0.29, 0.717) is 6.04 Å². The number of thioether (sulfide) groups is 1. The van der Waals surface area contributed by atoms with Crippen molar-refractivity contribution in [1.29, 1.82) is 0 Å². The molecule has 1 saturated heterocycles. The molecule has 1 N–H and O–H groups in total. The third-order valence-corrected chi connectivity index (χ3v) is 5.13. The summed E-state index contributed by atoms with van der Waals surface area (Å²) < 4.78 is 0. The van der Waals surface area contributed by atoms with Crippen LogP contribution in [0.2, 0.25) is 0 Å². The molecular formula is C16H25NS. The van der Waals surface area contributed by atoms with Crippen LogP contribution in [0.25, 0.3) is 0 Å². The molecule has 1 aliphatic rings. The lowest BCUT2D eigenvalue weighted by Crippen LogP contribution is -2.29. The molecule has 2 rings (SSSR count). The van der Waals surface area contributed by atoms with E-state index in [-0.39, 0.29) is 0 Å². The van der Waals surface area contributed by atoms with Crippen LogP contribution in [-0.4, -0.2) is 17.5 Å². The minimum atomic E-state index is 0.545. The molecule has 100 valence electrons. The van der Waals surface area contributed by atoms with Crippen LogP contribution in [-0.2, 0) is 6.42 Å². The van der Waals surface area contributed by atoms with Crippen LogP contribution in [0.15, 0.2) is 24.3 Å². The van der Waals surface area contributed by atoms with Gasteiger partial charge in [-0.2, -0.15) is 11.8 Å². The zero-order valence-electron chi connectivity index (χ0n) is 11.6. The van der Waals surface area contributed by atoms with Crippen molar-refractivity contribution in [3.05, 3.63) is 35.4 Å². The first-order valence-corrected chi connectivity index (χ1v) is 8.33. The molecule has 2 heteroatoms. The number of rotatable bonds is 6. The molecule has 1 nitrogen and oxygen atoms in total. The second-order valence-corrected chi connectivity index (χ2v) is 6.43. The van der Waals surface area contributed by atoms with Gasteiger partial charge in [0.1, 0.15) is 0 Å². The highest BCUT2D eigenvalue weighted by molar-refractivity contribution is 8.00. The van der Waals surface area contributed by atoms with E-state index in [1.54, 1.807) is 0 Å². The van der Waals surface area contributed by atoms with Crippen molar-refractivity contribution in [2.24, 2.45) is 0 Å². The SMILES string of the molecule is CCCNC(c1cccc(CC)c1)C1CCCS1. The number of hydrogen-bond donors (Lipinski definition) is 1. The van der Waals surface area contributed by atoms with E-state index in [2.05, 4.69) is 55.2 Å². The van der Waals surface area contributed by atoms with Crippen LogP contribution in [0.1, 0.15) is 50.3 Å². The van der Waals surface area contributed by atoms with Crippen molar-refractivity contribution in [3.8, 4) is 0 Å². The zero-order chi connectivity index (χ0) is 12.8. The van der Waals surface area contributed by atoms with Crippen molar-refractivity contribution in [3.63, 3.8) is 0 Å². The third kappa shape index (κ3) is 3.52. The van der Waals surface area contributed by atoms with E-state index in [1.807, 2.05) is 0 Å². The zero-order valence-corrected chi connectivity index (χ0v) is 12.4. The van der Waals surface area contributed by atoms with Crippen LogP contribution in [0.3, 0.4) is 0 Å². The van der Waals surface area contributed by atoms with Crippen LogP contribution < -0.4 is 5.32 Å². The van der Waals surface area contributed by atoms with Gasteiger partial charge in [-0.15, -0.1) is 0 Å². The lowest BCUT2D eigenvalue weighted by molar-refractivity contribution is 0.503. The molecule has 0 radical (unpaired) electrons. The van der Waals surface area contributed by atoms with Crippen molar-refractivity contribution in [1.82, 2.24) is 5.32 Å². The Morgan fingerprint density at radius 1 is 1.39 bits per heavy atom. The minimum Gasteiger partial charge on any atom is -0.309 e. The summed E-state index contributed by atoms with van der Waals surface area (Å²) in [6, 6.07) is 9.69. The first kappa shape index (κ1) is 14.0. The Balaban J connectivity index is 2.14. The molecule has 0 aromatic heterocycles. The number of benzene rings is 1. The molecule has 1 aliphatic heterocycles. The summed E-state index contributed by atoms with van der Waals surface area (Å²) in [5, 5.41) is 4.53. The largest absolute Gasteiger partial charge is 0.309 e. The van der Waals surface area contributed by atoms with Gasteiger partial charge < -0.3 is 5.32 Å². The monoisotopic (exact) mass is 263 g/mol. The van der Waals surface area contributed by atoms with Gasteiger partial charge in [0.05, 0.1) is 0 Å². The van der Waals surface area contributed by atoms with Gasteiger partial charge in [-0.25, -0.2) is 0 Å². The van der Waals surface area contributed by atoms with Gasteiger partial charge in [-0.1, -0.05) is 38.1 Å². The molecule has 0 saturated carbocycles. The highest BCUT2D eigenvalue weighted by atomic mass is 32.2. The quantitative estimate of drug-likeness (QED) is 0.826. The Labute approximate surface area is 116 Å². The first-order valence-electron chi connectivity index (χ1n) is 7.29. The Bertz CT molecular complexity index is 358. The van der Waals surface area contributed by atoms with Crippen LogP contribution in [0.5, 0.6) is 0 Å². The summed E-state index contributed by atoms with van der Waals surface area (Å²) >= 11 is 2.15. The molecule has 1 fully saturated rings. The molecular weight excluding hydrogens is 238 g/mol. The van der Waals surface area contributed by atoms with Gasteiger partial charge in [-0.3, -0.25) is 0 Å². The molecule has 0 bridgehead atoms. The van der Waals surface area contributed by atoms with E-state index in [4.69, 9.17) is 0 Å². The van der Waals surface area contributed by atoms with Gasteiger partial charge in [0.25, 0.3) is 0 Å². The third-order valence-electron chi connectivity index (χ3n) is 3.67. The number of nitrogens with one attached hydrogen (secondary N) is 1. The normalized spacial score (nSPS) is 21.1. The predicted molar refractivity (Wildman–Crippen MR) is 82.3 cm³/mol. The Kier molecular flexibility index (Phi) is 5.58. The molecule has 2 atom stereocenters. The standard InChI is InChI=1S/C16H25NS/c1-3-10-17-16(15-9-6-11-18-15)14-8-5-7-13(4-2)12-14/h5,7-8,12,15-17H,3-4,6,9-11H2,1-2H3. The fraction of sp³-hybridized carbons (Fsp3) is 0.625. The summed E-state index contributed by atoms with van der Waals surface area (Å²) in [5.41, 5.74) is 2.95.